The lowest BCUT2D eigenvalue weighted by Crippen LogP contribution is -2.51. The molecule has 0 amide bonds. The molecule has 0 atom stereocenters. The average molecular weight is 225 g/mol. The van der Waals surface area contributed by atoms with Gasteiger partial charge in [0, 0.05) is 12.6 Å². The Labute approximate surface area is 97.9 Å². The molecule has 1 heterocycles. The molecule has 0 unspecified atom stereocenters. The van der Waals surface area contributed by atoms with E-state index in [2.05, 4.69) is 5.32 Å². The summed E-state index contributed by atoms with van der Waals surface area (Å²) in [5, 5.41) is 3.65. The lowest BCUT2D eigenvalue weighted by molar-refractivity contribution is -0.200. The molecule has 2 saturated carbocycles. The summed E-state index contributed by atoms with van der Waals surface area (Å²) in [6, 6.07) is 0.792. The van der Waals surface area contributed by atoms with Crippen LogP contribution in [0.15, 0.2) is 0 Å². The first-order valence-electron chi connectivity index (χ1n) is 6.85. The molecule has 3 aliphatic rings. The Balaban J connectivity index is 1.55. The first-order chi connectivity index (χ1) is 7.86. The van der Waals surface area contributed by atoms with Gasteiger partial charge in [-0.3, -0.25) is 0 Å². The zero-order chi connectivity index (χ0) is 10.8. The Morgan fingerprint density at radius 2 is 1.88 bits per heavy atom. The van der Waals surface area contributed by atoms with E-state index in [1.165, 1.54) is 44.9 Å². The molecule has 3 nitrogen and oxygen atoms in total. The van der Waals surface area contributed by atoms with Gasteiger partial charge in [-0.1, -0.05) is 19.3 Å². The Kier molecular flexibility index (Phi) is 3.18. The summed E-state index contributed by atoms with van der Waals surface area (Å²) >= 11 is 0. The van der Waals surface area contributed by atoms with Crippen molar-refractivity contribution in [2.75, 3.05) is 19.8 Å². The third-order valence-corrected chi connectivity index (χ3v) is 4.08. The molecule has 0 radical (unpaired) electrons. The summed E-state index contributed by atoms with van der Waals surface area (Å²) < 4.78 is 11.5. The molecule has 3 heteroatoms. The fraction of sp³-hybridized carbons (Fsp3) is 1.00. The molecule has 92 valence electrons. The number of ether oxygens (including phenoxy) is 2. The van der Waals surface area contributed by atoms with Gasteiger partial charge < -0.3 is 14.8 Å². The molecule has 0 aromatic heterocycles. The summed E-state index contributed by atoms with van der Waals surface area (Å²) in [6.45, 7) is 2.69. The van der Waals surface area contributed by atoms with E-state index in [0.29, 0.717) is 6.10 Å². The first kappa shape index (κ1) is 11.0. The van der Waals surface area contributed by atoms with E-state index in [1.807, 2.05) is 0 Å². The van der Waals surface area contributed by atoms with Crippen molar-refractivity contribution in [2.45, 2.75) is 62.7 Å². The minimum absolute atomic E-state index is 0.134. The first-order valence-corrected chi connectivity index (χ1v) is 6.85. The predicted molar refractivity (Wildman–Crippen MR) is 62.5 cm³/mol. The van der Waals surface area contributed by atoms with Crippen LogP contribution in [0.1, 0.15) is 44.9 Å². The average Bonchev–Trinajstić information content (AvgIpc) is 3.07. The molecule has 0 spiro atoms. The van der Waals surface area contributed by atoms with Gasteiger partial charge >= 0.3 is 0 Å². The smallest absolute Gasteiger partial charge is 0.105 e. The zero-order valence-electron chi connectivity index (χ0n) is 10.0. The highest BCUT2D eigenvalue weighted by Gasteiger charge is 2.38. The van der Waals surface area contributed by atoms with Gasteiger partial charge in [-0.25, -0.2) is 0 Å². The second-order valence-corrected chi connectivity index (χ2v) is 5.68. The second kappa shape index (κ2) is 4.63. The molecular formula is C13H23NO2. The maximum Gasteiger partial charge on any atom is 0.105 e. The van der Waals surface area contributed by atoms with Gasteiger partial charge in [0.05, 0.1) is 18.8 Å². The lowest BCUT2D eigenvalue weighted by Gasteiger charge is -2.42. The van der Waals surface area contributed by atoms with Crippen LogP contribution in [0, 0.1) is 0 Å². The number of rotatable bonds is 5. The Morgan fingerprint density at radius 3 is 2.44 bits per heavy atom. The van der Waals surface area contributed by atoms with Gasteiger partial charge in [0.1, 0.15) is 6.10 Å². The van der Waals surface area contributed by atoms with Crippen LogP contribution in [0.25, 0.3) is 0 Å². The van der Waals surface area contributed by atoms with Crippen molar-refractivity contribution in [3.05, 3.63) is 0 Å². The number of hydrogen-bond donors (Lipinski definition) is 1. The fourth-order valence-electron chi connectivity index (χ4n) is 2.79. The standard InChI is InChI=1S/C13H23NO2/c1-2-6-13(7-3-1,10-14-11-4-5-11)16-12-8-15-9-12/h11-12,14H,1-10H2. The topological polar surface area (TPSA) is 30.5 Å². The number of nitrogens with one attached hydrogen (secondary N) is 1. The van der Waals surface area contributed by atoms with Gasteiger partial charge in [-0.15, -0.1) is 0 Å². The van der Waals surface area contributed by atoms with E-state index in [1.54, 1.807) is 0 Å². The molecule has 0 bridgehead atoms. The van der Waals surface area contributed by atoms with Crippen LogP contribution in [-0.2, 0) is 9.47 Å². The minimum atomic E-state index is 0.134. The van der Waals surface area contributed by atoms with Crippen molar-refractivity contribution < 1.29 is 9.47 Å². The monoisotopic (exact) mass is 225 g/mol. The van der Waals surface area contributed by atoms with Gasteiger partial charge in [0.25, 0.3) is 0 Å². The highest BCUT2D eigenvalue weighted by Crippen LogP contribution is 2.34. The van der Waals surface area contributed by atoms with E-state index >= 15 is 0 Å². The fourth-order valence-corrected chi connectivity index (χ4v) is 2.79. The number of hydrogen-bond acceptors (Lipinski definition) is 3. The van der Waals surface area contributed by atoms with Crippen LogP contribution in [0.3, 0.4) is 0 Å². The molecule has 3 rings (SSSR count). The third kappa shape index (κ3) is 2.58. The maximum atomic E-state index is 6.31. The quantitative estimate of drug-likeness (QED) is 0.774. The van der Waals surface area contributed by atoms with E-state index in [4.69, 9.17) is 9.47 Å². The van der Waals surface area contributed by atoms with Crippen LogP contribution in [0.2, 0.25) is 0 Å². The Hall–Kier alpha value is -0.120. The van der Waals surface area contributed by atoms with Crippen LogP contribution in [-0.4, -0.2) is 37.5 Å². The predicted octanol–water partition coefficient (Wildman–Crippen LogP) is 1.86. The van der Waals surface area contributed by atoms with E-state index in [0.717, 1.165) is 25.8 Å². The van der Waals surface area contributed by atoms with Crippen LogP contribution in [0.5, 0.6) is 0 Å². The Morgan fingerprint density at radius 1 is 1.12 bits per heavy atom. The van der Waals surface area contributed by atoms with E-state index < -0.39 is 0 Å². The summed E-state index contributed by atoms with van der Waals surface area (Å²) in [5.41, 5.74) is 0.134. The molecule has 2 aliphatic carbocycles. The van der Waals surface area contributed by atoms with Crippen molar-refractivity contribution in [3.63, 3.8) is 0 Å². The van der Waals surface area contributed by atoms with Gasteiger partial charge in [0.2, 0.25) is 0 Å². The molecule has 1 aliphatic heterocycles. The normalized spacial score (nSPS) is 30.0. The van der Waals surface area contributed by atoms with Crippen molar-refractivity contribution >= 4 is 0 Å². The van der Waals surface area contributed by atoms with Gasteiger partial charge in [-0.2, -0.15) is 0 Å². The minimum Gasteiger partial charge on any atom is -0.376 e. The second-order valence-electron chi connectivity index (χ2n) is 5.68. The SMILES string of the molecule is C1CCC(CNC2CC2)(OC2COC2)CC1. The lowest BCUT2D eigenvalue weighted by atomic mass is 9.84. The van der Waals surface area contributed by atoms with Crippen molar-refractivity contribution in [2.24, 2.45) is 0 Å². The molecule has 0 aromatic carbocycles. The summed E-state index contributed by atoms with van der Waals surface area (Å²) in [4.78, 5) is 0. The van der Waals surface area contributed by atoms with Gasteiger partial charge in [0.15, 0.2) is 0 Å². The molecule has 0 aromatic rings. The highest BCUT2D eigenvalue weighted by molar-refractivity contribution is 4.92. The van der Waals surface area contributed by atoms with Crippen molar-refractivity contribution in [1.29, 1.82) is 0 Å². The Bertz CT molecular complexity index is 230. The molecule has 1 saturated heterocycles. The highest BCUT2D eigenvalue weighted by atomic mass is 16.6. The van der Waals surface area contributed by atoms with Crippen LogP contribution < -0.4 is 5.32 Å². The molecular weight excluding hydrogens is 202 g/mol. The van der Waals surface area contributed by atoms with E-state index in [9.17, 15) is 0 Å². The molecule has 16 heavy (non-hydrogen) atoms. The summed E-state index contributed by atoms with van der Waals surface area (Å²) in [6.07, 6.45) is 9.63. The van der Waals surface area contributed by atoms with Crippen molar-refractivity contribution in [1.82, 2.24) is 5.32 Å². The van der Waals surface area contributed by atoms with E-state index in [-0.39, 0.29) is 5.60 Å². The van der Waals surface area contributed by atoms with Crippen LogP contribution >= 0.6 is 0 Å². The molecule has 3 fully saturated rings. The van der Waals surface area contributed by atoms with Crippen LogP contribution in [0.4, 0.5) is 0 Å². The zero-order valence-corrected chi connectivity index (χ0v) is 10.0. The maximum absolute atomic E-state index is 6.31. The van der Waals surface area contributed by atoms with Crippen molar-refractivity contribution in [3.8, 4) is 0 Å². The molecule has 1 N–H and O–H groups in total. The largest absolute Gasteiger partial charge is 0.376 e. The third-order valence-electron chi connectivity index (χ3n) is 4.08. The summed E-state index contributed by atoms with van der Waals surface area (Å²) in [5.74, 6) is 0. The van der Waals surface area contributed by atoms with Gasteiger partial charge in [-0.05, 0) is 25.7 Å². The summed E-state index contributed by atoms with van der Waals surface area (Å²) in [7, 11) is 0.